The molecule has 20 heavy (non-hydrogen) atoms. The molecule has 1 heterocycles. The van der Waals surface area contributed by atoms with E-state index in [2.05, 4.69) is 4.98 Å². The number of ketones is 1. The molecule has 0 amide bonds. The van der Waals surface area contributed by atoms with Crippen LogP contribution >= 0.6 is 0 Å². The SMILES string of the molecule is Nc1cccc2oc(CCC(=O)c3ccccc3)nc12. The van der Waals surface area contributed by atoms with Crippen molar-refractivity contribution in [1.29, 1.82) is 0 Å². The lowest BCUT2D eigenvalue weighted by atomic mass is 10.1. The van der Waals surface area contributed by atoms with Crippen LogP contribution in [0, 0.1) is 0 Å². The zero-order chi connectivity index (χ0) is 13.9. The zero-order valence-corrected chi connectivity index (χ0v) is 10.9. The summed E-state index contributed by atoms with van der Waals surface area (Å²) in [4.78, 5) is 16.3. The van der Waals surface area contributed by atoms with E-state index in [1.165, 1.54) is 0 Å². The molecule has 3 aromatic rings. The number of para-hydroxylation sites is 1. The van der Waals surface area contributed by atoms with Crippen molar-refractivity contribution >= 4 is 22.6 Å². The molecule has 0 saturated heterocycles. The highest BCUT2D eigenvalue weighted by Crippen LogP contribution is 2.22. The number of hydrogen-bond acceptors (Lipinski definition) is 4. The maximum absolute atomic E-state index is 12.0. The lowest BCUT2D eigenvalue weighted by molar-refractivity contribution is 0.0980. The number of nitrogen functional groups attached to an aromatic ring is 1. The molecule has 0 fully saturated rings. The Bertz CT molecular complexity index is 748. The fourth-order valence-corrected chi connectivity index (χ4v) is 2.11. The summed E-state index contributed by atoms with van der Waals surface area (Å²) in [6, 6.07) is 14.6. The van der Waals surface area contributed by atoms with Gasteiger partial charge >= 0.3 is 0 Å². The number of oxazole rings is 1. The number of fused-ring (bicyclic) bond motifs is 1. The van der Waals surface area contributed by atoms with Gasteiger partial charge in [0, 0.05) is 18.4 Å². The lowest BCUT2D eigenvalue weighted by Crippen LogP contribution is -2.00. The summed E-state index contributed by atoms with van der Waals surface area (Å²) in [5, 5.41) is 0. The van der Waals surface area contributed by atoms with Gasteiger partial charge in [0.2, 0.25) is 0 Å². The second-order valence-corrected chi connectivity index (χ2v) is 4.59. The number of aryl methyl sites for hydroxylation is 1. The van der Waals surface area contributed by atoms with Gasteiger partial charge in [-0.25, -0.2) is 4.98 Å². The third-order valence-electron chi connectivity index (χ3n) is 3.16. The van der Waals surface area contributed by atoms with Crippen molar-refractivity contribution in [3.63, 3.8) is 0 Å². The molecule has 4 heteroatoms. The van der Waals surface area contributed by atoms with Gasteiger partial charge in [0.1, 0.15) is 5.52 Å². The van der Waals surface area contributed by atoms with Crippen molar-refractivity contribution in [2.45, 2.75) is 12.8 Å². The van der Waals surface area contributed by atoms with Crippen molar-refractivity contribution in [1.82, 2.24) is 4.98 Å². The first-order valence-electron chi connectivity index (χ1n) is 6.46. The zero-order valence-electron chi connectivity index (χ0n) is 10.9. The van der Waals surface area contributed by atoms with E-state index in [4.69, 9.17) is 10.2 Å². The number of nitrogens with zero attached hydrogens (tertiary/aromatic N) is 1. The third-order valence-corrected chi connectivity index (χ3v) is 3.16. The van der Waals surface area contributed by atoms with E-state index >= 15 is 0 Å². The van der Waals surface area contributed by atoms with Crippen molar-refractivity contribution in [2.24, 2.45) is 0 Å². The van der Waals surface area contributed by atoms with Crippen LogP contribution in [0.2, 0.25) is 0 Å². The van der Waals surface area contributed by atoms with Crippen LogP contribution < -0.4 is 5.73 Å². The summed E-state index contributed by atoms with van der Waals surface area (Å²) in [5.41, 5.74) is 8.45. The van der Waals surface area contributed by atoms with Crippen molar-refractivity contribution in [3.8, 4) is 0 Å². The quantitative estimate of drug-likeness (QED) is 0.581. The number of carbonyl (C=O) groups excluding carboxylic acids is 1. The van der Waals surface area contributed by atoms with Crippen LogP contribution in [0.4, 0.5) is 5.69 Å². The maximum atomic E-state index is 12.0. The average molecular weight is 266 g/mol. The van der Waals surface area contributed by atoms with Gasteiger partial charge in [-0.05, 0) is 12.1 Å². The molecule has 0 spiro atoms. The Morgan fingerprint density at radius 3 is 2.65 bits per heavy atom. The van der Waals surface area contributed by atoms with Gasteiger partial charge in [0.05, 0.1) is 5.69 Å². The topological polar surface area (TPSA) is 69.1 Å². The van der Waals surface area contributed by atoms with Crippen molar-refractivity contribution in [3.05, 3.63) is 60.0 Å². The number of Topliss-reactive ketones (excluding diaryl/α,β-unsaturated/α-hetero) is 1. The summed E-state index contributed by atoms with van der Waals surface area (Å²) in [6.45, 7) is 0. The predicted octanol–water partition coefficient (Wildman–Crippen LogP) is 3.23. The van der Waals surface area contributed by atoms with E-state index in [1.807, 2.05) is 42.5 Å². The molecule has 0 saturated carbocycles. The van der Waals surface area contributed by atoms with Gasteiger partial charge in [0.15, 0.2) is 17.3 Å². The van der Waals surface area contributed by atoms with E-state index < -0.39 is 0 Å². The highest BCUT2D eigenvalue weighted by Gasteiger charge is 2.11. The molecule has 0 unspecified atom stereocenters. The fourth-order valence-electron chi connectivity index (χ4n) is 2.11. The third kappa shape index (κ3) is 2.40. The van der Waals surface area contributed by atoms with Gasteiger partial charge < -0.3 is 10.2 Å². The average Bonchev–Trinajstić information content (AvgIpc) is 2.90. The van der Waals surface area contributed by atoms with Crippen LogP contribution in [0.1, 0.15) is 22.7 Å². The summed E-state index contributed by atoms with van der Waals surface area (Å²) in [5.74, 6) is 0.628. The van der Waals surface area contributed by atoms with Crippen LogP contribution in [0.15, 0.2) is 52.9 Å². The van der Waals surface area contributed by atoms with Crippen molar-refractivity contribution < 1.29 is 9.21 Å². The smallest absolute Gasteiger partial charge is 0.196 e. The largest absolute Gasteiger partial charge is 0.441 e. The normalized spacial score (nSPS) is 10.8. The molecule has 2 aromatic carbocycles. The number of anilines is 1. The molecule has 2 N–H and O–H groups in total. The summed E-state index contributed by atoms with van der Waals surface area (Å²) in [7, 11) is 0. The maximum Gasteiger partial charge on any atom is 0.196 e. The lowest BCUT2D eigenvalue weighted by Gasteiger charge is -1.98. The van der Waals surface area contributed by atoms with Gasteiger partial charge in [0.25, 0.3) is 0 Å². The van der Waals surface area contributed by atoms with E-state index in [9.17, 15) is 4.79 Å². The summed E-state index contributed by atoms with van der Waals surface area (Å²) >= 11 is 0. The molecule has 0 atom stereocenters. The molecule has 1 aromatic heterocycles. The van der Waals surface area contributed by atoms with Crippen LogP contribution in [0.25, 0.3) is 11.1 Å². The molecule has 3 rings (SSSR count). The Labute approximate surface area is 116 Å². The molecule has 0 aliphatic heterocycles. The molecule has 0 radical (unpaired) electrons. The standard InChI is InChI=1S/C16H14N2O2/c17-12-7-4-8-14-16(12)18-15(20-14)10-9-13(19)11-5-2-1-3-6-11/h1-8H,9-10,17H2. The Morgan fingerprint density at radius 2 is 1.90 bits per heavy atom. The van der Waals surface area contributed by atoms with Crippen LogP contribution in [0.3, 0.4) is 0 Å². The molecule has 0 aliphatic carbocycles. The van der Waals surface area contributed by atoms with Gasteiger partial charge in [-0.1, -0.05) is 36.4 Å². The highest BCUT2D eigenvalue weighted by molar-refractivity contribution is 5.96. The second-order valence-electron chi connectivity index (χ2n) is 4.59. The Hall–Kier alpha value is -2.62. The number of nitrogens with two attached hydrogens (primary N) is 1. The van der Waals surface area contributed by atoms with Crippen LogP contribution in [-0.4, -0.2) is 10.8 Å². The summed E-state index contributed by atoms with van der Waals surface area (Å²) in [6.07, 6.45) is 0.846. The molecule has 0 bridgehead atoms. The molecular formula is C16H14N2O2. The van der Waals surface area contributed by atoms with Gasteiger partial charge in [-0.3, -0.25) is 4.79 Å². The number of carbonyl (C=O) groups is 1. The van der Waals surface area contributed by atoms with Gasteiger partial charge in [-0.2, -0.15) is 0 Å². The monoisotopic (exact) mass is 266 g/mol. The predicted molar refractivity (Wildman–Crippen MR) is 77.5 cm³/mol. The minimum atomic E-state index is 0.0841. The minimum Gasteiger partial charge on any atom is -0.441 e. The molecule has 4 nitrogen and oxygen atoms in total. The molecular weight excluding hydrogens is 252 g/mol. The van der Waals surface area contributed by atoms with Crippen LogP contribution in [-0.2, 0) is 6.42 Å². The first kappa shape index (κ1) is 12.4. The number of rotatable bonds is 4. The van der Waals surface area contributed by atoms with Crippen LogP contribution in [0.5, 0.6) is 0 Å². The molecule has 0 aliphatic rings. The van der Waals surface area contributed by atoms with E-state index in [0.717, 1.165) is 0 Å². The Morgan fingerprint density at radius 1 is 1.10 bits per heavy atom. The number of hydrogen-bond donors (Lipinski definition) is 1. The first-order chi connectivity index (χ1) is 9.74. The highest BCUT2D eigenvalue weighted by atomic mass is 16.3. The molecule has 100 valence electrons. The fraction of sp³-hybridized carbons (Fsp3) is 0.125. The Kier molecular flexibility index (Phi) is 3.21. The van der Waals surface area contributed by atoms with Crippen molar-refractivity contribution in [2.75, 3.05) is 5.73 Å². The Balaban J connectivity index is 1.74. The second kappa shape index (κ2) is 5.17. The summed E-state index contributed by atoms with van der Waals surface area (Å²) < 4.78 is 5.59. The number of aromatic nitrogens is 1. The van der Waals surface area contributed by atoms with Gasteiger partial charge in [-0.15, -0.1) is 0 Å². The minimum absolute atomic E-state index is 0.0841. The van der Waals surface area contributed by atoms with E-state index in [0.29, 0.717) is 41.1 Å². The van der Waals surface area contributed by atoms with E-state index in [1.54, 1.807) is 6.07 Å². The first-order valence-corrected chi connectivity index (χ1v) is 6.46. The number of benzene rings is 2. The van der Waals surface area contributed by atoms with E-state index in [-0.39, 0.29) is 5.78 Å².